The Morgan fingerprint density at radius 3 is 2.31 bits per heavy atom. The Hall–Kier alpha value is -0.670. The molecule has 0 aliphatic carbocycles. The molecule has 0 bridgehead atoms. The molecule has 1 aromatic heterocycles. The van der Waals surface area contributed by atoms with Crippen LogP contribution in [0, 0.1) is 3.70 Å². The summed E-state index contributed by atoms with van der Waals surface area (Å²) in [5.74, 6) is -0.346. The molecule has 0 atom stereocenters. The molecule has 0 aromatic carbocycles. The number of nitrogens with zero attached hydrogens (tertiary/aromatic N) is 1. The van der Waals surface area contributed by atoms with Crippen LogP contribution in [0.15, 0.2) is 6.07 Å². The fourth-order valence-electron chi connectivity index (χ4n) is 1.05. The molecule has 1 rings (SSSR count). The van der Waals surface area contributed by atoms with Crippen LogP contribution < -0.4 is 4.74 Å². The van der Waals surface area contributed by atoms with Crippen LogP contribution in [-0.2, 0) is 6.18 Å². The normalized spacial score (nSPS) is 12.0. The van der Waals surface area contributed by atoms with Crippen LogP contribution in [0.2, 0.25) is 0 Å². The number of aromatic nitrogens is 1. The Bertz CT molecular complexity index is 393. The van der Waals surface area contributed by atoms with Gasteiger partial charge in [0.1, 0.15) is 3.70 Å². The fraction of sp³-hybridized carbons (Fsp3) is 0.375. The zero-order chi connectivity index (χ0) is 12.5. The average molecular weight is 353 g/mol. The van der Waals surface area contributed by atoms with Crippen LogP contribution in [0.3, 0.4) is 0 Å². The number of hydrogen-bond donors (Lipinski definition) is 0. The van der Waals surface area contributed by atoms with E-state index in [1.54, 1.807) is 0 Å². The van der Waals surface area contributed by atoms with Gasteiger partial charge in [-0.2, -0.15) is 13.2 Å². The Labute approximate surface area is 101 Å². The first-order valence-corrected chi connectivity index (χ1v) is 4.95. The van der Waals surface area contributed by atoms with Crippen molar-refractivity contribution >= 4 is 22.6 Å². The third kappa shape index (κ3) is 2.71. The number of methoxy groups -OCH3 is 1. The Balaban J connectivity index is 3.47. The molecule has 90 valence electrons. The molecule has 0 saturated heterocycles. The molecule has 0 saturated carbocycles. The second kappa shape index (κ2) is 4.68. The van der Waals surface area contributed by atoms with Crippen molar-refractivity contribution in [3.05, 3.63) is 20.9 Å². The lowest BCUT2D eigenvalue weighted by molar-refractivity contribution is -0.139. The Morgan fingerprint density at radius 1 is 1.38 bits per heavy atom. The summed E-state index contributed by atoms with van der Waals surface area (Å²) >= 11 is 1.32. The van der Waals surface area contributed by atoms with Crippen LogP contribution >= 0.6 is 22.6 Å². The quantitative estimate of drug-likeness (QED) is 0.460. The van der Waals surface area contributed by atoms with Crippen molar-refractivity contribution in [2.24, 2.45) is 0 Å². The van der Waals surface area contributed by atoms with Gasteiger partial charge >= 0.3 is 6.18 Å². The number of rotatable bonds is 2. The lowest BCUT2D eigenvalue weighted by Gasteiger charge is -2.14. The first-order chi connectivity index (χ1) is 7.27. The summed E-state index contributed by atoms with van der Waals surface area (Å²) in [5.41, 5.74) is -2.53. The number of pyridine rings is 1. The van der Waals surface area contributed by atoms with Crippen molar-refractivity contribution in [2.45, 2.75) is 12.6 Å². The third-order valence-corrected chi connectivity index (χ3v) is 2.54. The van der Waals surface area contributed by atoms with Crippen molar-refractivity contribution in [1.29, 1.82) is 0 Å². The van der Waals surface area contributed by atoms with Crippen LogP contribution in [0.25, 0.3) is 0 Å². The molecule has 0 amide bonds. The molecule has 8 heteroatoms. The van der Waals surface area contributed by atoms with Crippen LogP contribution in [-0.4, -0.2) is 12.1 Å². The van der Waals surface area contributed by atoms with Crippen LogP contribution in [0.1, 0.15) is 17.6 Å². The molecule has 0 unspecified atom stereocenters. The highest BCUT2D eigenvalue weighted by Crippen LogP contribution is 2.39. The van der Waals surface area contributed by atoms with Gasteiger partial charge in [-0.05, 0) is 22.6 Å². The van der Waals surface area contributed by atoms with E-state index in [1.807, 2.05) is 0 Å². The van der Waals surface area contributed by atoms with Crippen molar-refractivity contribution in [1.82, 2.24) is 4.98 Å². The molecule has 16 heavy (non-hydrogen) atoms. The minimum atomic E-state index is -4.86. The average Bonchev–Trinajstić information content (AvgIpc) is 2.14. The van der Waals surface area contributed by atoms with Gasteiger partial charge < -0.3 is 4.74 Å². The highest BCUT2D eigenvalue weighted by Gasteiger charge is 2.38. The van der Waals surface area contributed by atoms with Gasteiger partial charge in [0.05, 0.1) is 18.2 Å². The standard InChI is InChI=1S/C8H5F5INO/c1-16-4-2-3(8(11,12)13)5(6(9)10)7(14)15-4/h2,6H,1H3. The molecule has 2 nitrogen and oxygen atoms in total. The van der Waals surface area contributed by atoms with Gasteiger partial charge in [0, 0.05) is 6.07 Å². The van der Waals surface area contributed by atoms with Gasteiger partial charge in [-0.15, -0.1) is 0 Å². The van der Waals surface area contributed by atoms with E-state index < -0.39 is 27.4 Å². The van der Waals surface area contributed by atoms with Gasteiger partial charge in [-0.1, -0.05) is 0 Å². The van der Waals surface area contributed by atoms with E-state index in [2.05, 4.69) is 9.72 Å². The van der Waals surface area contributed by atoms with E-state index in [4.69, 9.17) is 0 Å². The largest absolute Gasteiger partial charge is 0.481 e. The molecule has 0 N–H and O–H groups in total. The van der Waals surface area contributed by atoms with Gasteiger partial charge in [0.15, 0.2) is 0 Å². The van der Waals surface area contributed by atoms with Crippen molar-refractivity contribution in [3.8, 4) is 5.88 Å². The highest BCUT2D eigenvalue weighted by atomic mass is 127. The maximum atomic E-state index is 12.5. The molecular weight excluding hydrogens is 348 g/mol. The summed E-state index contributed by atoms with van der Waals surface area (Å²) in [7, 11) is 1.11. The maximum Gasteiger partial charge on any atom is 0.417 e. The fourth-order valence-corrected chi connectivity index (χ4v) is 1.81. The molecule has 0 aliphatic rings. The predicted molar refractivity (Wildman–Crippen MR) is 53.5 cm³/mol. The maximum absolute atomic E-state index is 12.5. The monoisotopic (exact) mass is 353 g/mol. The molecule has 0 radical (unpaired) electrons. The lowest BCUT2D eigenvalue weighted by atomic mass is 10.1. The van der Waals surface area contributed by atoms with E-state index in [0.29, 0.717) is 6.07 Å². The Kier molecular flexibility index (Phi) is 3.92. The smallest absolute Gasteiger partial charge is 0.417 e. The number of ether oxygens (including phenoxy) is 1. The van der Waals surface area contributed by atoms with Crippen molar-refractivity contribution < 1.29 is 26.7 Å². The third-order valence-electron chi connectivity index (χ3n) is 1.72. The summed E-state index contributed by atoms with van der Waals surface area (Å²) in [6, 6.07) is 0.462. The second-order valence-electron chi connectivity index (χ2n) is 2.72. The van der Waals surface area contributed by atoms with E-state index in [9.17, 15) is 22.0 Å². The second-order valence-corrected chi connectivity index (χ2v) is 3.74. The minimum Gasteiger partial charge on any atom is -0.481 e. The zero-order valence-corrected chi connectivity index (χ0v) is 9.94. The molecule has 1 aromatic rings. The molecular formula is C8H5F5INO. The van der Waals surface area contributed by atoms with Gasteiger partial charge in [-0.25, -0.2) is 13.8 Å². The first-order valence-electron chi connectivity index (χ1n) is 3.87. The van der Waals surface area contributed by atoms with Crippen LogP contribution in [0.4, 0.5) is 22.0 Å². The summed E-state index contributed by atoms with van der Waals surface area (Å²) in [6.07, 6.45) is -8.09. The van der Waals surface area contributed by atoms with Crippen LogP contribution in [0.5, 0.6) is 5.88 Å². The number of halogens is 6. The summed E-state index contributed by atoms with van der Waals surface area (Å²) in [4.78, 5) is 3.47. The molecule has 0 spiro atoms. The highest BCUT2D eigenvalue weighted by molar-refractivity contribution is 14.1. The van der Waals surface area contributed by atoms with Gasteiger partial charge in [-0.3, -0.25) is 0 Å². The summed E-state index contributed by atoms with van der Waals surface area (Å²) < 4.78 is 66.5. The first kappa shape index (κ1) is 13.4. The van der Waals surface area contributed by atoms with E-state index >= 15 is 0 Å². The summed E-state index contributed by atoms with van der Waals surface area (Å²) in [5, 5.41) is 0. The molecule has 0 fully saturated rings. The SMILES string of the molecule is COc1cc(C(F)(F)F)c(C(F)F)c(I)n1. The minimum absolute atomic E-state index is 0.346. The topological polar surface area (TPSA) is 22.1 Å². The molecule has 0 aliphatic heterocycles. The van der Waals surface area contributed by atoms with E-state index in [-0.39, 0.29) is 5.88 Å². The van der Waals surface area contributed by atoms with Gasteiger partial charge in [0.25, 0.3) is 6.43 Å². The number of alkyl halides is 5. The predicted octanol–water partition coefficient (Wildman–Crippen LogP) is 3.65. The molecule has 1 heterocycles. The van der Waals surface area contributed by atoms with Crippen molar-refractivity contribution in [3.63, 3.8) is 0 Å². The van der Waals surface area contributed by atoms with E-state index in [0.717, 1.165) is 7.11 Å². The van der Waals surface area contributed by atoms with E-state index in [1.165, 1.54) is 22.6 Å². The Morgan fingerprint density at radius 2 is 1.94 bits per heavy atom. The zero-order valence-electron chi connectivity index (χ0n) is 7.78. The summed E-state index contributed by atoms with van der Waals surface area (Å²) in [6.45, 7) is 0. The van der Waals surface area contributed by atoms with Gasteiger partial charge in [0.2, 0.25) is 5.88 Å². The van der Waals surface area contributed by atoms with Crippen molar-refractivity contribution in [2.75, 3.05) is 7.11 Å². The lowest BCUT2D eigenvalue weighted by Crippen LogP contribution is -2.12. The number of hydrogen-bond acceptors (Lipinski definition) is 2.